The maximum Gasteiger partial charge on any atom is 0.337 e. The Morgan fingerprint density at radius 2 is 2.00 bits per heavy atom. The minimum Gasteiger partial charge on any atom is -0.465 e. The number of hydrogen-bond acceptors (Lipinski definition) is 5. The van der Waals surface area contributed by atoms with Gasteiger partial charge in [-0.1, -0.05) is 6.07 Å². The van der Waals surface area contributed by atoms with Gasteiger partial charge in [0.15, 0.2) is 12.5 Å². The molecule has 6 heteroatoms. The third-order valence-electron chi connectivity index (χ3n) is 3.50. The van der Waals surface area contributed by atoms with Crippen LogP contribution in [0.5, 0.6) is 0 Å². The van der Waals surface area contributed by atoms with E-state index in [2.05, 4.69) is 10.1 Å². The Kier molecular flexibility index (Phi) is 3.50. The number of nitrogens with zero attached hydrogens (tertiary/aromatic N) is 1. The molecule has 112 valence electrons. The highest BCUT2D eigenvalue weighted by atomic mass is 19.1. The first-order valence-electron chi connectivity index (χ1n) is 6.63. The summed E-state index contributed by atoms with van der Waals surface area (Å²) in [4.78, 5) is 24.3. The Labute approximate surface area is 126 Å². The second-order valence-electron chi connectivity index (χ2n) is 4.77. The lowest BCUT2D eigenvalue weighted by Crippen LogP contribution is -2.33. The Balaban J connectivity index is 2.03. The highest BCUT2D eigenvalue weighted by Crippen LogP contribution is 2.41. The second-order valence-corrected chi connectivity index (χ2v) is 4.77. The molecule has 3 rings (SSSR count). The molecule has 22 heavy (non-hydrogen) atoms. The lowest BCUT2D eigenvalue weighted by Gasteiger charge is -2.23. The van der Waals surface area contributed by atoms with Crippen LogP contribution in [0, 0.1) is 5.82 Å². The molecule has 5 nitrogen and oxygen atoms in total. The molecule has 0 spiro atoms. The number of rotatable bonds is 3. The normalized spacial score (nSPS) is 15.9. The first kappa shape index (κ1) is 14.1. The summed E-state index contributed by atoms with van der Waals surface area (Å²) >= 11 is 0. The minimum absolute atomic E-state index is 0.311. The predicted molar refractivity (Wildman–Crippen MR) is 79.8 cm³/mol. The molecule has 0 radical (unpaired) electrons. The van der Waals surface area contributed by atoms with Crippen molar-refractivity contribution in [1.82, 2.24) is 0 Å². The van der Waals surface area contributed by atoms with Crippen LogP contribution in [0.3, 0.4) is 0 Å². The van der Waals surface area contributed by atoms with Gasteiger partial charge in [-0.3, -0.25) is 4.79 Å². The molecular weight excluding hydrogens is 287 g/mol. The quantitative estimate of drug-likeness (QED) is 0.697. The fourth-order valence-electron chi connectivity index (χ4n) is 2.50. The number of fused-ring (bicyclic) bond motifs is 1. The summed E-state index contributed by atoms with van der Waals surface area (Å²) in [6, 6.07) is 11.1. The number of para-hydroxylation sites is 1. The van der Waals surface area contributed by atoms with E-state index in [1.54, 1.807) is 41.3 Å². The Morgan fingerprint density at radius 1 is 1.27 bits per heavy atom. The highest BCUT2D eigenvalue weighted by Gasteiger charge is 2.32. The lowest BCUT2D eigenvalue weighted by atomic mass is 10.1. The average molecular weight is 300 g/mol. The summed E-state index contributed by atoms with van der Waals surface area (Å²) in [7, 11) is 1.30. The molecule has 0 saturated heterocycles. The van der Waals surface area contributed by atoms with Crippen molar-refractivity contribution in [1.29, 1.82) is 0 Å². The number of carbonyl (C=O) groups is 2. The molecular formula is C16H13FN2O3. The summed E-state index contributed by atoms with van der Waals surface area (Å²) in [5.41, 5.74) is 1.84. The average Bonchev–Trinajstić information content (AvgIpc) is 2.94. The zero-order valence-corrected chi connectivity index (χ0v) is 11.7. The standard InChI is InChI=1S/C16H13FN2O3/c1-22-16(21)10-5-7-11(8-6-10)19-14(9-20)18-13-4-2-3-12(17)15(13)19/h2-9,14,18H,1H3. The van der Waals surface area contributed by atoms with Crippen molar-refractivity contribution >= 4 is 29.3 Å². The van der Waals surface area contributed by atoms with Gasteiger partial charge in [0.25, 0.3) is 0 Å². The van der Waals surface area contributed by atoms with Gasteiger partial charge in [0.1, 0.15) is 11.5 Å². The number of nitrogens with one attached hydrogen (secondary N) is 1. The van der Waals surface area contributed by atoms with Crippen molar-refractivity contribution in [2.24, 2.45) is 0 Å². The van der Waals surface area contributed by atoms with E-state index in [1.165, 1.54) is 13.2 Å². The van der Waals surface area contributed by atoms with Gasteiger partial charge in [0.2, 0.25) is 0 Å². The van der Waals surface area contributed by atoms with Crippen LogP contribution in [0.2, 0.25) is 0 Å². The fourth-order valence-corrected chi connectivity index (χ4v) is 2.50. The number of hydrogen-bond donors (Lipinski definition) is 1. The van der Waals surface area contributed by atoms with Crippen LogP contribution >= 0.6 is 0 Å². The number of carbonyl (C=O) groups excluding carboxylic acids is 2. The molecule has 0 saturated carbocycles. The smallest absolute Gasteiger partial charge is 0.337 e. The molecule has 0 amide bonds. The summed E-state index contributed by atoms with van der Waals surface area (Å²) in [6.07, 6.45) is 0.00378. The molecule has 1 heterocycles. The monoisotopic (exact) mass is 300 g/mol. The van der Waals surface area contributed by atoms with Gasteiger partial charge in [0, 0.05) is 5.69 Å². The van der Waals surface area contributed by atoms with Gasteiger partial charge >= 0.3 is 5.97 Å². The van der Waals surface area contributed by atoms with Crippen LogP contribution in [-0.2, 0) is 9.53 Å². The Morgan fingerprint density at radius 3 is 2.64 bits per heavy atom. The van der Waals surface area contributed by atoms with Crippen molar-refractivity contribution in [3.8, 4) is 0 Å². The van der Waals surface area contributed by atoms with E-state index in [-0.39, 0.29) is 0 Å². The fraction of sp³-hybridized carbons (Fsp3) is 0.125. The highest BCUT2D eigenvalue weighted by molar-refractivity contribution is 5.92. The van der Waals surface area contributed by atoms with Crippen molar-refractivity contribution in [3.63, 3.8) is 0 Å². The van der Waals surface area contributed by atoms with Crippen LogP contribution in [0.1, 0.15) is 10.4 Å². The van der Waals surface area contributed by atoms with Gasteiger partial charge in [-0.05, 0) is 36.4 Å². The van der Waals surface area contributed by atoms with Crippen LogP contribution in [0.25, 0.3) is 0 Å². The van der Waals surface area contributed by atoms with Gasteiger partial charge in [-0.25, -0.2) is 9.18 Å². The summed E-state index contributed by atoms with van der Waals surface area (Å²) < 4.78 is 18.8. The van der Waals surface area contributed by atoms with E-state index in [0.29, 0.717) is 28.9 Å². The summed E-state index contributed by atoms with van der Waals surface area (Å²) in [5.74, 6) is -0.879. The first-order valence-corrected chi connectivity index (χ1v) is 6.63. The zero-order chi connectivity index (χ0) is 15.7. The summed E-state index contributed by atoms with van der Waals surface area (Å²) in [6.45, 7) is 0. The van der Waals surface area contributed by atoms with E-state index >= 15 is 0 Å². The molecule has 1 aliphatic heterocycles. The number of methoxy groups -OCH3 is 1. The number of anilines is 3. The van der Waals surface area contributed by atoms with Crippen molar-refractivity contribution in [2.45, 2.75) is 6.17 Å². The molecule has 0 fully saturated rings. The molecule has 2 aromatic carbocycles. The van der Waals surface area contributed by atoms with Crippen LogP contribution in [0.4, 0.5) is 21.5 Å². The number of benzene rings is 2. The van der Waals surface area contributed by atoms with E-state index in [1.807, 2.05) is 0 Å². The Hall–Kier alpha value is -2.89. The zero-order valence-electron chi connectivity index (χ0n) is 11.7. The van der Waals surface area contributed by atoms with Gasteiger partial charge in [0.05, 0.1) is 18.4 Å². The molecule has 0 bridgehead atoms. The minimum atomic E-state index is -0.698. The lowest BCUT2D eigenvalue weighted by molar-refractivity contribution is -0.108. The van der Waals surface area contributed by atoms with Gasteiger partial charge in [-0.2, -0.15) is 0 Å². The first-order chi connectivity index (χ1) is 10.7. The van der Waals surface area contributed by atoms with Crippen molar-refractivity contribution in [2.75, 3.05) is 17.3 Å². The van der Waals surface area contributed by atoms with Crippen molar-refractivity contribution < 1.29 is 18.7 Å². The number of ether oxygens (including phenoxy) is 1. The number of esters is 1. The van der Waals surface area contributed by atoms with Crippen LogP contribution < -0.4 is 10.2 Å². The van der Waals surface area contributed by atoms with Crippen molar-refractivity contribution in [3.05, 3.63) is 53.8 Å². The van der Waals surface area contributed by atoms with Crippen LogP contribution in [0.15, 0.2) is 42.5 Å². The predicted octanol–water partition coefficient (Wildman–Crippen LogP) is 2.70. The molecule has 0 aromatic heterocycles. The molecule has 0 aliphatic carbocycles. The molecule has 1 unspecified atom stereocenters. The largest absolute Gasteiger partial charge is 0.465 e. The third-order valence-corrected chi connectivity index (χ3v) is 3.50. The molecule has 2 aromatic rings. The maximum absolute atomic E-state index is 14.1. The van der Waals surface area contributed by atoms with Crippen LogP contribution in [-0.4, -0.2) is 25.5 Å². The topological polar surface area (TPSA) is 58.6 Å². The van der Waals surface area contributed by atoms with E-state index in [0.717, 1.165) is 0 Å². The SMILES string of the molecule is COC(=O)c1ccc(N2c3c(F)cccc3NC2C=O)cc1. The number of aldehydes is 1. The number of halogens is 1. The molecule has 1 aliphatic rings. The summed E-state index contributed by atoms with van der Waals surface area (Å²) in [5, 5.41) is 2.95. The van der Waals surface area contributed by atoms with Gasteiger partial charge < -0.3 is 15.0 Å². The molecule has 1 atom stereocenters. The maximum atomic E-state index is 14.1. The second kappa shape index (κ2) is 5.48. The van der Waals surface area contributed by atoms with Gasteiger partial charge in [-0.15, -0.1) is 0 Å². The third kappa shape index (κ3) is 2.18. The van der Waals surface area contributed by atoms with E-state index < -0.39 is 18.0 Å². The van der Waals surface area contributed by atoms with E-state index in [4.69, 9.17) is 0 Å². The Bertz CT molecular complexity index is 731. The molecule has 1 N–H and O–H groups in total. The van der Waals surface area contributed by atoms with E-state index in [9.17, 15) is 14.0 Å².